The lowest BCUT2D eigenvalue weighted by Crippen LogP contribution is -2.30. The van der Waals surface area contributed by atoms with Crippen molar-refractivity contribution in [3.63, 3.8) is 0 Å². The summed E-state index contributed by atoms with van der Waals surface area (Å²) in [5, 5.41) is 0. The topological polar surface area (TPSA) is 26.0 Å². The molecule has 2 N–H and O–H groups in total. The van der Waals surface area contributed by atoms with Gasteiger partial charge in [0.05, 0.1) is 0 Å². The van der Waals surface area contributed by atoms with Gasteiger partial charge in [0.1, 0.15) is 0 Å². The molecule has 0 aromatic rings. The summed E-state index contributed by atoms with van der Waals surface area (Å²) >= 11 is 0. The van der Waals surface area contributed by atoms with Crippen LogP contribution in [0.3, 0.4) is 0 Å². The van der Waals surface area contributed by atoms with Crippen LogP contribution in [0.2, 0.25) is 0 Å². The Hall–Kier alpha value is 0.250. The standard InChI is InChI=1S/C9H17N.ClH/c1-6(10)9-5-7-2-3-8(9)4-7;/h6-9H,2-5,10H2,1H3;1H. The molecule has 0 aliphatic heterocycles. The van der Waals surface area contributed by atoms with Crippen molar-refractivity contribution in [2.24, 2.45) is 23.5 Å². The summed E-state index contributed by atoms with van der Waals surface area (Å²) in [5.74, 6) is 2.93. The van der Waals surface area contributed by atoms with Gasteiger partial charge in [-0.05, 0) is 43.9 Å². The highest BCUT2D eigenvalue weighted by atomic mass is 35.5. The normalized spacial score (nSPS) is 43.6. The molecule has 2 bridgehead atoms. The van der Waals surface area contributed by atoms with Crippen molar-refractivity contribution in [1.29, 1.82) is 0 Å². The maximum absolute atomic E-state index is 5.88. The number of fused-ring (bicyclic) bond motifs is 2. The SMILES string of the molecule is CC(N)C1CC2CCC1C2.Cl. The predicted molar refractivity (Wildman–Crippen MR) is 49.8 cm³/mol. The van der Waals surface area contributed by atoms with Crippen LogP contribution in [-0.2, 0) is 0 Å². The fourth-order valence-corrected chi connectivity index (χ4v) is 2.94. The Labute approximate surface area is 75.1 Å². The second kappa shape index (κ2) is 3.32. The Morgan fingerprint density at radius 2 is 2.00 bits per heavy atom. The Morgan fingerprint density at radius 3 is 2.27 bits per heavy atom. The summed E-state index contributed by atoms with van der Waals surface area (Å²) in [4.78, 5) is 0. The molecule has 2 fully saturated rings. The quantitative estimate of drug-likeness (QED) is 0.650. The van der Waals surface area contributed by atoms with E-state index in [1.807, 2.05) is 0 Å². The van der Waals surface area contributed by atoms with Crippen LogP contribution in [0, 0.1) is 17.8 Å². The average Bonchev–Trinajstić information content (AvgIpc) is 2.44. The third-order valence-corrected chi connectivity index (χ3v) is 3.47. The van der Waals surface area contributed by atoms with E-state index in [2.05, 4.69) is 6.92 Å². The van der Waals surface area contributed by atoms with Crippen LogP contribution >= 0.6 is 12.4 Å². The van der Waals surface area contributed by atoms with E-state index in [1.165, 1.54) is 25.7 Å². The minimum atomic E-state index is 0. The van der Waals surface area contributed by atoms with E-state index in [9.17, 15) is 0 Å². The maximum atomic E-state index is 5.88. The molecule has 2 aliphatic rings. The van der Waals surface area contributed by atoms with Crippen LogP contribution in [0.25, 0.3) is 0 Å². The van der Waals surface area contributed by atoms with Gasteiger partial charge < -0.3 is 5.73 Å². The molecular formula is C9H18ClN. The molecule has 0 saturated heterocycles. The van der Waals surface area contributed by atoms with Gasteiger partial charge in [-0.1, -0.05) is 6.42 Å². The van der Waals surface area contributed by atoms with Gasteiger partial charge in [0.25, 0.3) is 0 Å². The van der Waals surface area contributed by atoms with Gasteiger partial charge in [0.2, 0.25) is 0 Å². The van der Waals surface area contributed by atoms with E-state index in [1.54, 1.807) is 0 Å². The lowest BCUT2D eigenvalue weighted by atomic mass is 9.84. The van der Waals surface area contributed by atoms with Gasteiger partial charge in [-0.25, -0.2) is 0 Å². The van der Waals surface area contributed by atoms with Crippen LogP contribution in [0.4, 0.5) is 0 Å². The third kappa shape index (κ3) is 1.54. The van der Waals surface area contributed by atoms with Crippen LogP contribution < -0.4 is 5.73 Å². The second-order valence-electron chi connectivity index (χ2n) is 4.20. The van der Waals surface area contributed by atoms with Crippen LogP contribution in [0.15, 0.2) is 0 Å². The highest BCUT2D eigenvalue weighted by Gasteiger charge is 2.40. The zero-order valence-electron chi connectivity index (χ0n) is 7.12. The highest BCUT2D eigenvalue weighted by molar-refractivity contribution is 5.85. The summed E-state index contributed by atoms with van der Waals surface area (Å²) in [7, 11) is 0. The summed E-state index contributed by atoms with van der Waals surface area (Å²) < 4.78 is 0. The van der Waals surface area contributed by atoms with Crippen molar-refractivity contribution in [2.75, 3.05) is 0 Å². The van der Waals surface area contributed by atoms with Crippen molar-refractivity contribution in [1.82, 2.24) is 0 Å². The number of halogens is 1. The maximum Gasteiger partial charge on any atom is 0.00415 e. The van der Waals surface area contributed by atoms with E-state index in [-0.39, 0.29) is 12.4 Å². The van der Waals surface area contributed by atoms with Crippen LogP contribution in [0.5, 0.6) is 0 Å². The minimum absolute atomic E-state index is 0. The Kier molecular flexibility index (Phi) is 2.82. The number of hydrogen-bond acceptors (Lipinski definition) is 1. The molecule has 11 heavy (non-hydrogen) atoms. The summed E-state index contributed by atoms with van der Waals surface area (Å²) in [6, 6.07) is 0.454. The molecule has 0 aromatic carbocycles. The smallest absolute Gasteiger partial charge is 0.00415 e. The van der Waals surface area contributed by atoms with E-state index in [0.29, 0.717) is 6.04 Å². The number of nitrogens with two attached hydrogens (primary N) is 1. The summed E-state index contributed by atoms with van der Waals surface area (Å²) in [5.41, 5.74) is 5.88. The lowest BCUT2D eigenvalue weighted by Gasteiger charge is -2.24. The molecule has 66 valence electrons. The molecule has 1 nitrogen and oxygen atoms in total. The highest BCUT2D eigenvalue weighted by Crippen LogP contribution is 2.49. The van der Waals surface area contributed by atoms with Gasteiger partial charge >= 0.3 is 0 Å². The van der Waals surface area contributed by atoms with Crippen LogP contribution in [0.1, 0.15) is 32.6 Å². The molecule has 0 radical (unpaired) electrons. The molecule has 0 aromatic heterocycles. The van der Waals surface area contributed by atoms with Gasteiger partial charge in [0, 0.05) is 6.04 Å². The van der Waals surface area contributed by atoms with Gasteiger partial charge in [-0.2, -0.15) is 0 Å². The molecule has 4 unspecified atom stereocenters. The van der Waals surface area contributed by atoms with Gasteiger partial charge in [0.15, 0.2) is 0 Å². The molecule has 0 amide bonds. The minimum Gasteiger partial charge on any atom is -0.328 e. The molecular weight excluding hydrogens is 158 g/mol. The van der Waals surface area contributed by atoms with Crippen molar-refractivity contribution < 1.29 is 0 Å². The Balaban J connectivity index is 0.000000605. The number of rotatable bonds is 1. The monoisotopic (exact) mass is 175 g/mol. The fourth-order valence-electron chi connectivity index (χ4n) is 2.94. The zero-order valence-corrected chi connectivity index (χ0v) is 7.94. The zero-order chi connectivity index (χ0) is 7.14. The van der Waals surface area contributed by atoms with E-state index in [0.717, 1.165) is 17.8 Å². The molecule has 4 atom stereocenters. The molecule has 2 rings (SSSR count). The van der Waals surface area contributed by atoms with Gasteiger partial charge in [-0.15, -0.1) is 12.4 Å². The molecule has 0 spiro atoms. The summed E-state index contributed by atoms with van der Waals surface area (Å²) in [6.07, 6.45) is 5.89. The largest absolute Gasteiger partial charge is 0.328 e. The van der Waals surface area contributed by atoms with Gasteiger partial charge in [-0.3, -0.25) is 0 Å². The first-order chi connectivity index (χ1) is 4.77. The van der Waals surface area contributed by atoms with E-state index in [4.69, 9.17) is 5.73 Å². The second-order valence-corrected chi connectivity index (χ2v) is 4.20. The third-order valence-electron chi connectivity index (χ3n) is 3.47. The first-order valence-corrected chi connectivity index (χ1v) is 4.53. The number of hydrogen-bond donors (Lipinski definition) is 1. The molecule has 2 aliphatic carbocycles. The fraction of sp³-hybridized carbons (Fsp3) is 1.00. The van der Waals surface area contributed by atoms with E-state index < -0.39 is 0 Å². The van der Waals surface area contributed by atoms with Crippen molar-refractivity contribution >= 4 is 12.4 Å². The van der Waals surface area contributed by atoms with Crippen molar-refractivity contribution in [2.45, 2.75) is 38.6 Å². The predicted octanol–water partition coefficient (Wildman–Crippen LogP) is 2.19. The van der Waals surface area contributed by atoms with E-state index >= 15 is 0 Å². The first kappa shape index (κ1) is 9.34. The average molecular weight is 176 g/mol. The molecule has 0 heterocycles. The Bertz CT molecular complexity index is 136. The summed E-state index contributed by atoms with van der Waals surface area (Å²) in [6.45, 7) is 2.17. The first-order valence-electron chi connectivity index (χ1n) is 4.53. The molecule has 2 heteroatoms. The Morgan fingerprint density at radius 1 is 1.27 bits per heavy atom. The van der Waals surface area contributed by atoms with Crippen LogP contribution in [-0.4, -0.2) is 6.04 Å². The lowest BCUT2D eigenvalue weighted by molar-refractivity contribution is 0.293. The van der Waals surface area contributed by atoms with Crippen molar-refractivity contribution in [3.8, 4) is 0 Å². The van der Waals surface area contributed by atoms with Crippen molar-refractivity contribution in [3.05, 3.63) is 0 Å². The molecule has 2 saturated carbocycles.